The van der Waals surface area contributed by atoms with Gasteiger partial charge < -0.3 is 5.32 Å². The minimum atomic E-state index is -4.47. The lowest BCUT2D eigenvalue weighted by Gasteiger charge is -2.09. The molecule has 2 nitrogen and oxygen atoms in total. The first-order valence-corrected chi connectivity index (χ1v) is 5.95. The Morgan fingerprint density at radius 2 is 1.90 bits per heavy atom. The SMILES string of the molecule is Fc1ccc(Cl)cc1CNc1ccc(C(F)(F)F)nc1. The largest absolute Gasteiger partial charge is 0.433 e. The van der Waals surface area contributed by atoms with Crippen molar-refractivity contribution in [2.24, 2.45) is 0 Å². The van der Waals surface area contributed by atoms with Crippen molar-refractivity contribution in [1.29, 1.82) is 0 Å². The Morgan fingerprint density at radius 1 is 1.15 bits per heavy atom. The first-order chi connectivity index (χ1) is 9.36. The van der Waals surface area contributed by atoms with Crippen LogP contribution in [0.4, 0.5) is 23.2 Å². The molecule has 1 aromatic carbocycles. The molecule has 20 heavy (non-hydrogen) atoms. The van der Waals surface area contributed by atoms with Gasteiger partial charge in [0.15, 0.2) is 0 Å². The van der Waals surface area contributed by atoms with E-state index in [9.17, 15) is 17.6 Å². The fourth-order valence-corrected chi connectivity index (χ4v) is 1.74. The van der Waals surface area contributed by atoms with Crippen LogP contribution < -0.4 is 5.32 Å². The highest BCUT2D eigenvalue weighted by Crippen LogP contribution is 2.27. The molecule has 0 aliphatic rings. The van der Waals surface area contributed by atoms with Gasteiger partial charge in [0, 0.05) is 17.1 Å². The van der Waals surface area contributed by atoms with E-state index in [0.29, 0.717) is 16.3 Å². The quantitative estimate of drug-likeness (QED) is 0.844. The third-order valence-electron chi connectivity index (χ3n) is 2.54. The molecule has 7 heteroatoms. The molecule has 0 atom stereocenters. The Balaban J connectivity index is 2.06. The number of aromatic nitrogens is 1. The van der Waals surface area contributed by atoms with Gasteiger partial charge in [0.1, 0.15) is 11.5 Å². The van der Waals surface area contributed by atoms with Gasteiger partial charge >= 0.3 is 6.18 Å². The molecule has 0 unspecified atom stereocenters. The van der Waals surface area contributed by atoms with Gasteiger partial charge in [0.05, 0.1) is 11.9 Å². The molecule has 0 aliphatic carbocycles. The van der Waals surface area contributed by atoms with Crippen molar-refractivity contribution >= 4 is 17.3 Å². The molecule has 0 saturated carbocycles. The van der Waals surface area contributed by atoms with Crippen LogP contribution >= 0.6 is 11.6 Å². The number of halogens is 5. The Hall–Kier alpha value is -1.82. The molecule has 2 rings (SSSR count). The van der Waals surface area contributed by atoms with Crippen molar-refractivity contribution in [1.82, 2.24) is 4.98 Å². The number of hydrogen-bond donors (Lipinski definition) is 1. The molecule has 1 aromatic heterocycles. The Labute approximate surface area is 117 Å². The van der Waals surface area contributed by atoms with E-state index in [1.165, 1.54) is 24.3 Å². The van der Waals surface area contributed by atoms with Gasteiger partial charge in [-0.2, -0.15) is 13.2 Å². The fourth-order valence-electron chi connectivity index (χ4n) is 1.54. The molecule has 1 N–H and O–H groups in total. The van der Waals surface area contributed by atoms with Crippen LogP contribution in [0.15, 0.2) is 36.5 Å². The highest BCUT2D eigenvalue weighted by molar-refractivity contribution is 6.30. The standard InChI is InChI=1S/C13H9ClF4N2/c14-9-1-3-11(15)8(5-9)6-19-10-2-4-12(20-7-10)13(16,17)18/h1-5,7,19H,6H2. The van der Waals surface area contributed by atoms with E-state index >= 15 is 0 Å². The molecule has 106 valence electrons. The van der Waals surface area contributed by atoms with Crippen molar-refractivity contribution in [3.8, 4) is 0 Å². The van der Waals surface area contributed by atoms with E-state index in [0.717, 1.165) is 12.3 Å². The molecule has 0 radical (unpaired) electrons. The summed E-state index contributed by atoms with van der Waals surface area (Å²) in [6.45, 7) is 0.0967. The number of hydrogen-bond acceptors (Lipinski definition) is 2. The monoisotopic (exact) mass is 304 g/mol. The Kier molecular flexibility index (Phi) is 4.13. The average molecular weight is 305 g/mol. The summed E-state index contributed by atoms with van der Waals surface area (Å²) in [7, 11) is 0. The van der Waals surface area contributed by atoms with Crippen LogP contribution in [0, 0.1) is 5.82 Å². The molecule has 0 saturated heterocycles. The fraction of sp³-hybridized carbons (Fsp3) is 0.154. The van der Waals surface area contributed by atoms with Crippen LogP contribution in [0.25, 0.3) is 0 Å². The van der Waals surface area contributed by atoms with E-state index in [2.05, 4.69) is 10.3 Å². The van der Waals surface area contributed by atoms with Crippen molar-refractivity contribution in [2.75, 3.05) is 5.32 Å². The van der Waals surface area contributed by atoms with Gasteiger partial charge in [-0.05, 0) is 30.3 Å². The van der Waals surface area contributed by atoms with E-state index in [1.54, 1.807) is 0 Å². The second kappa shape index (κ2) is 5.66. The highest BCUT2D eigenvalue weighted by atomic mass is 35.5. The zero-order valence-corrected chi connectivity index (χ0v) is 10.8. The highest BCUT2D eigenvalue weighted by Gasteiger charge is 2.31. The minimum Gasteiger partial charge on any atom is -0.380 e. The van der Waals surface area contributed by atoms with Crippen molar-refractivity contribution in [3.63, 3.8) is 0 Å². The third kappa shape index (κ3) is 3.60. The van der Waals surface area contributed by atoms with Crippen LogP contribution in [0.5, 0.6) is 0 Å². The molecule has 0 bridgehead atoms. The number of nitrogens with one attached hydrogen (secondary N) is 1. The predicted molar refractivity (Wildman–Crippen MR) is 68.0 cm³/mol. The summed E-state index contributed by atoms with van der Waals surface area (Å²) in [4.78, 5) is 3.29. The van der Waals surface area contributed by atoms with Gasteiger partial charge in [0.2, 0.25) is 0 Å². The van der Waals surface area contributed by atoms with Gasteiger partial charge in [-0.1, -0.05) is 11.6 Å². The lowest BCUT2D eigenvalue weighted by molar-refractivity contribution is -0.141. The molecule has 0 fully saturated rings. The number of nitrogens with zero attached hydrogens (tertiary/aromatic N) is 1. The van der Waals surface area contributed by atoms with E-state index < -0.39 is 17.7 Å². The molecule has 0 aliphatic heterocycles. The second-order valence-corrected chi connectivity index (χ2v) is 4.46. The Morgan fingerprint density at radius 3 is 2.50 bits per heavy atom. The summed E-state index contributed by atoms with van der Waals surface area (Å²) < 4.78 is 50.4. The summed E-state index contributed by atoms with van der Waals surface area (Å²) >= 11 is 5.74. The summed E-state index contributed by atoms with van der Waals surface area (Å²) in [5.74, 6) is -0.443. The maximum absolute atomic E-state index is 13.4. The number of benzene rings is 1. The molecule has 1 heterocycles. The normalized spacial score (nSPS) is 11.4. The molecular weight excluding hydrogens is 296 g/mol. The van der Waals surface area contributed by atoms with Crippen molar-refractivity contribution in [2.45, 2.75) is 12.7 Å². The summed E-state index contributed by atoms with van der Waals surface area (Å²) in [5.41, 5.74) is -0.299. The molecule has 2 aromatic rings. The van der Waals surface area contributed by atoms with Gasteiger partial charge in [0.25, 0.3) is 0 Å². The second-order valence-electron chi connectivity index (χ2n) is 4.02. The van der Waals surface area contributed by atoms with Gasteiger partial charge in [-0.3, -0.25) is 0 Å². The number of anilines is 1. The summed E-state index contributed by atoms with van der Waals surface area (Å²) in [5, 5.41) is 3.16. The van der Waals surface area contributed by atoms with E-state index in [-0.39, 0.29) is 6.54 Å². The van der Waals surface area contributed by atoms with Crippen LogP contribution in [-0.4, -0.2) is 4.98 Å². The maximum atomic E-state index is 13.4. The topological polar surface area (TPSA) is 24.9 Å². The number of alkyl halides is 3. The lowest BCUT2D eigenvalue weighted by atomic mass is 10.2. The van der Waals surface area contributed by atoms with E-state index in [1.807, 2.05) is 0 Å². The van der Waals surface area contributed by atoms with Crippen LogP contribution in [-0.2, 0) is 12.7 Å². The third-order valence-corrected chi connectivity index (χ3v) is 2.78. The maximum Gasteiger partial charge on any atom is 0.433 e. The first kappa shape index (κ1) is 14.6. The lowest BCUT2D eigenvalue weighted by Crippen LogP contribution is -2.08. The number of rotatable bonds is 3. The van der Waals surface area contributed by atoms with Gasteiger partial charge in [-0.15, -0.1) is 0 Å². The zero-order chi connectivity index (χ0) is 14.8. The molecule has 0 spiro atoms. The number of pyridine rings is 1. The van der Waals surface area contributed by atoms with Gasteiger partial charge in [-0.25, -0.2) is 9.37 Å². The van der Waals surface area contributed by atoms with Crippen molar-refractivity contribution in [3.05, 3.63) is 58.6 Å². The first-order valence-electron chi connectivity index (χ1n) is 5.57. The van der Waals surface area contributed by atoms with Crippen LogP contribution in [0.3, 0.4) is 0 Å². The summed E-state index contributed by atoms with van der Waals surface area (Å²) in [6, 6.07) is 6.18. The minimum absolute atomic E-state index is 0.0967. The van der Waals surface area contributed by atoms with Crippen LogP contribution in [0.1, 0.15) is 11.3 Å². The molecule has 0 amide bonds. The van der Waals surface area contributed by atoms with Crippen molar-refractivity contribution < 1.29 is 17.6 Å². The molecular formula is C13H9ClF4N2. The van der Waals surface area contributed by atoms with E-state index in [4.69, 9.17) is 11.6 Å². The Bertz CT molecular complexity index is 596. The average Bonchev–Trinajstić information content (AvgIpc) is 2.39. The summed E-state index contributed by atoms with van der Waals surface area (Å²) in [6.07, 6.45) is -3.43. The smallest absolute Gasteiger partial charge is 0.380 e. The van der Waals surface area contributed by atoms with Crippen LogP contribution in [0.2, 0.25) is 5.02 Å². The predicted octanol–water partition coefficient (Wildman–Crippen LogP) is 4.51. The zero-order valence-electron chi connectivity index (χ0n) is 10.0.